The topological polar surface area (TPSA) is 17.1 Å². The minimum absolute atomic E-state index is 0.0402. The Morgan fingerprint density at radius 2 is 1.52 bits per heavy atom. The Balaban J connectivity index is 2.11. The third kappa shape index (κ3) is 3.22. The van der Waals surface area contributed by atoms with E-state index >= 15 is 0 Å². The van der Waals surface area contributed by atoms with Gasteiger partial charge in [-0.1, -0.05) is 0 Å². The van der Waals surface area contributed by atoms with E-state index in [1.165, 1.54) is 0 Å². The first-order valence-electron chi connectivity index (χ1n) is 6.46. The van der Waals surface area contributed by atoms with Crippen molar-refractivity contribution in [3.8, 4) is 0 Å². The smallest absolute Gasteiger partial charge is 0.294 e. The fourth-order valence-corrected chi connectivity index (χ4v) is 2.62. The van der Waals surface area contributed by atoms with Crippen LogP contribution in [-0.2, 0) is 0 Å². The van der Waals surface area contributed by atoms with Gasteiger partial charge in [-0.2, -0.15) is 13.2 Å². The molecule has 1 aromatic carbocycles. The summed E-state index contributed by atoms with van der Waals surface area (Å²) in [6, 6.07) is 1.46. The summed E-state index contributed by atoms with van der Waals surface area (Å²) in [6.07, 6.45) is -4.82. The predicted molar refractivity (Wildman–Crippen MR) is 62.1 cm³/mol. The summed E-state index contributed by atoms with van der Waals surface area (Å²) < 4.78 is 77.0. The molecule has 1 fully saturated rings. The lowest BCUT2D eigenvalue weighted by Gasteiger charge is -2.29. The third-order valence-electron chi connectivity index (χ3n) is 3.86. The number of carbonyl (C=O) groups is 1. The van der Waals surface area contributed by atoms with Crippen LogP contribution < -0.4 is 0 Å². The van der Waals surface area contributed by atoms with Gasteiger partial charge in [0.1, 0.15) is 0 Å². The number of hydrogen-bond donors (Lipinski definition) is 0. The maximum atomic E-state index is 13.5. The Morgan fingerprint density at radius 3 is 2.05 bits per heavy atom. The zero-order chi connectivity index (χ0) is 15.8. The molecule has 21 heavy (non-hydrogen) atoms. The zero-order valence-electron chi connectivity index (χ0n) is 10.8. The van der Waals surface area contributed by atoms with Crippen LogP contribution in [-0.4, -0.2) is 12.0 Å². The number of hydrogen-bond acceptors (Lipinski definition) is 1. The molecule has 0 radical (unpaired) electrons. The van der Waals surface area contributed by atoms with Crippen LogP contribution in [0.4, 0.5) is 26.3 Å². The van der Waals surface area contributed by atoms with Gasteiger partial charge in [0, 0.05) is 5.92 Å². The van der Waals surface area contributed by atoms with Gasteiger partial charge >= 0.3 is 6.18 Å². The molecule has 0 amide bonds. The number of carbonyl (C=O) groups excluding carboxylic acids is 1. The molecule has 0 aliphatic heterocycles. The van der Waals surface area contributed by atoms with Crippen LogP contribution in [0, 0.1) is 29.3 Å². The third-order valence-corrected chi connectivity index (χ3v) is 3.86. The Hall–Kier alpha value is -1.53. The minimum atomic E-state index is -4.30. The molecule has 0 atom stereocenters. The van der Waals surface area contributed by atoms with Crippen LogP contribution in [0.25, 0.3) is 0 Å². The highest BCUT2D eigenvalue weighted by molar-refractivity contribution is 5.98. The van der Waals surface area contributed by atoms with Gasteiger partial charge in [0.05, 0.1) is 11.5 Å². The second-order valence-electron chi connectivity index (χ2n) is 5.18. The highest BCUT2D eigenvalue weighted by Gasteiger charge is 2.42. The molecule has 0 spiro atoms. The van der Waals surface area contributed by atoms with Crippen molar-refractivity contribution in [1.29, 1.82) is 0 Å². The molecule has 0 N–H and O–H groups in total. The predicted octanol–water partition coefficient (Wildman–Crippen LogP) is 4.66. The van der Waals surface area contributed by atoms with Crippen LogP contribution in [0.15, 0.2) is 12.1 Å². The van der Waals surface area contributed by atoms with Gasteiger partial charge in [-0.15, -0.1) is 0 Å². The molecule has 7 heteroatoms. The van der Waals surface area contributed by atoms with Crippen molar-refractivity contribution in [2.75, 3.05) is 0 Å². The van der Waals surface area contributed by atoms with Gasteiger partial charge in [-0.25, -0.2) is 13.2 Å². The Morgan fingerprint density at radius 1 is 0.952 bits per heavy atom. The van der Waals surface area contributed by atoms with Crippen LogP contribution >= 0.6 is 0 Å². The van der Waals surface area contributed by atoms with Crippen molar-refractivity contribution in [3.63, 3.8) is 0 Å². The van der Waals surface area contributed by atoms with E-state index in [1.807, 2.05) is 0 Å². The van der Waals surface area contributed by atoms with E-state index in [2.05, 4.69) is 0 Å². The first-order valence-corrected chi connectivity index (χ1v) is 6.46. The second-order valence-corrected chi connectivity index (χ2v) is 5.18. The van der Waals surface area contributed by atoms with Gasteiger partial charge in [0.25, 0.3) is 0 Å². The molecule has 0 bridgehead atoms. The molecular formula is C14H12F6O. The van der Waals surface area contributed by atoms with Crippen molar-refractivity contribution in [2.45, 2.75) is 31.9 Å². The molecule has 1 aromatic rings. The fraction of sp³-hybridized carbons (Fsp3) is 0.500. The van der Waals surface area contributed by atoms with E-state index in [0.717, 1.165) is 6.07 Å². The van der Waals surface area contributed by atoms with Gasteiger partial charge in [0.15, 0.2) is 23.2 Å². The number of rotatable bonds is 2. The minimum Gasteiger partial charge on any atom is -0.294 e. The summed E-state index contributed by atoms with van der Waals surface area (Å²) in [5, 5.41) is 0. The molecule has 0 aromatic heterocycles. The maximum absolute atomic E-state index is 13.5. The first-order chi connectivity index (χ1) is 9.71. The quantitative estimate of drug-likeness (QED) is 0.441. The van der Waals surface area contributed by atoms with E-state index in [0.29, 0.717) is 6.07 Å². The Bertz CT molecular complexity index is 543. The number of Topliss-reactive ketones (excluding diaryl/α,β-unsaturated/α-hetero) is 1. The molecular weight excluding hydrogens is 298 g/mol. The highest BCUT2D eigenvalue weighted by Crippen LogP contribution is 2.40. The molecule has 1 nitrogen and oxygen atoms in total. The lowest BCUT2D eigenvalue weighted by atomic mass is 9.78. The molecule has 0 unspecified atom stereocenters. The summed E-state index contributed by atoms with van der Waals surface area (Å²) in [7, 11) is 0. The van der Waals surface area contributed by atoms with Crippen molar-refractivity contribution in [1.82, 2.24) is 0 Å². The van der Waals surface area contributed by atoms with E-state index in [4.69, 9.17) is 0 Å². The molecule has 0 heterocycles. The first kappa shape index (κ1) is 15.9. The van der Waals surface area contributed by atoms with Gasteiger partial charge in [0.2, 0.25) is 0 Å². The van der Waals surface area contributed by atoms with Crippen LogP contribution in [0.1, 0.15) is 36.0 Å². The zero-order valence-corrected chi connectivity index (χ0v) is 10.8. The number of ketones is 1. The largest absolute Gasteiger partial charge is 0.391 e. The standard InChI is InChI=1S/C14H12F6O/c15-10-6-5-9(11(16)12(10)17)13(21)7-1-3-8(4-2-7)14(18,19)20/h5-8H,1-4H2. The van der Waals surface area contributed by atoms with E-state index in [9.17, 15) is 31.1 Å². The number of halogens is 6. The SMILES string of the molecule is O=C(c1ccc(F)c(F)c1F)C1CCC(C(F)(F)F)CC1. The molecule has 1 saturated carbocycles. The van der Waals surface area contributed by atoms with E-state index in [-0.39, 0.29) is 25.7 Å². The highest BCUT2D eigenvalue weighted by atomic mass is 19.4. The van der Waals surface area contributed by atoms with Gasteiger partial charge in [-0.05, 0) is 37.8 Å². The summed E-state index contributed by atoms with van der Waals surface area (Å²) >= 11 is 0. The summed E-state index contributed by atoms with van der Waals surface area (Å²) in [4.78, 5) is 12.0. The maximum Gasteiger partial charge on any atom is 0.391 e. The van der Waals surface area contributed by atoms with Crippen LogP contribution in [0.3, 0.4) is 0 Å². The van der Waals surface area contributed by atoms with Crippen molar-refractivity contribution in [3.05, 3.63) is 35.1 Å². The monoisotopic (exact) mass is 310 g/mol. The van der Waals surface area contributed by atoms with Crippen LogP contribution in [0.2, 0.25) is 0 Å². The number of benzene rings is 1. The Labute approximate surface area is 116 Å². The normalized spacial score (nSPS) is 23.1. The van der Waals surface area contributed by atoms with E-state index < -0.39 is 46.8 Å². The lowest BCUT2D eigenvalue weighted by Crippen LogP contribution is -2.30. The van der Waals surface area contributed by atoms with Crippen LogP contribution in [0.5, 0.6) is 0 Å². The van der Waals surface area contributed by atoms with Crippen molar-refractivity contribution in [2.24, 2.45) is 11.8 Å². The van der Waals surface area contributed by atoms with Gasteiger partial charge in [-0.3, -0.25) is 4.79 Å². The molecule has 0 saturated heterocycles. The van der Waals surface area contributed by atoms with Crippen molar-refractivity contribution < 1.29 is 31.1 Å². The lowest BCUT2D eigenvalue weighted by molar-refractivity contribution is -0.183. The Kier molecular flexibility index (Phi) is 4.30. The summed E-state index contributed by atoms with van der Waals surface area (Å²) in [5.41, 5.74) is -0.607. The molecule has 1 aliphatic carbocycles. The summed E-state index contributed by atoms with van der Waals surface area (Å²) in [6.45, 7) is 0. The molecule has 1 aliphatic rings. The molecule has 116 valence electrons. The second kappa shape index (κ2) is 5.69. The number of alkyl halides is 3. The summed E-state index contributed by atoms with van der Waals surface area (Å²) in [5.74, 6) is -7.76. The van der Waals surface area contributed by atoms with Crippen molar-refractivity contribution >= 4 is 5.78 Å². The van der Waals surface area contributed by atoms with Gasteiger partial charge < -0.3 is 0 Å². The van der Waals surface area contributed by atoms with E-state index in [1.54, 1.807) is 0 Å². The fourth-order valence-electron chi connectivity index (χ4n) is 2.62. The molecule has 2 rings (SSSR count). The average molecular weight is 310 g/mol. The average Bonchev–Trinajstić information content (AvgIpc) is 2.43.